The average Bonchev–Trinajstić information content (AvgIpc) is 3.24. The molecule has 0 spiro atoms. The van der Waals surface area contributed by atoms with Gasteiger partial charge in [0.25, 0.3) is 0 Å². The summed E-state index contributed by atoms with van der Waals surface area (Å²) in [7, 11) is 5.63. The quantitative estimate of drug-likeness (QED) is 0.446. The average molecular weight is 521 g/mol. The van der Waals surface area contributed by atoms with E-state index in [1.54, 1.807) is 24.3 Å². The van der Waals surface area contributed by atoms with Gasteiger partial charge in [0.1, 0.15) is 0 Å². The summed E-state index contributed by atoms with van der Waals surface area (Å²) in [4.78, 5) is 23.5. The Kier molecular flexibility index (Phi) is 8.93. The lowest BCUT2D eigenvalue weighted by Crippen LogP contribution is -2.27. The van der Waals surface area contributed by atoms with E-state index >= 15 is 0 Å². The molecule has 0 bridgehead atoms. The summed E-state index contributed by atoms with van der Waals surface area (Å²) in [6.07, 6.45) is -1.39. The number of phenolic OH excluding ortho intramolecular Hbond substituents is 2. The van der Waals surface area contributed by atoms with E-state index in [1.165, 1.54) is 42.3 Å². The number of esters is 2. The van der Waals surface area contributed by atoms with E-state index in [0.717, 1.165) is 0 Å². The van der Waals surface area contributed by atoms with Gasteiger partial charge in [-0.2, -0.15) is 0 Å². The fourth-order valence-corrected chi connectivity index (χ4v) is 4.47. The Balaban J connectivity index is 2.16. The Morgan fingerprint density at radius 1 is 0.676 bits per heavy atom. The molecule has 2 aromatic carbocycles. The van der Waals surface area contributed by atoms with Gasteiger partial charge in [0.15, 0.2) is 23.0 Å². The summed E-state index contributed by atoms with van der Waals surface area (Å²) >= 11 is 0. The number of aromatic hydroxyl groups is 2. The second-order valence-electron chi connectivity index (χ2n) is 8.46. The van der Waals surface area contributed by atoms with Gasteiger partial charge in [-0.1, -0.05) is 0 Å². The molecule has 0 amide bonds. The molecule has 0 aromatic heterocycles. The zero-order valence-corrected chi connectivity index (χ0v) is 21.6. The molecule has 1 aliphatic heterocycles. The lowest BCUT2D eigenvalue weighted by atomic mass is 9.83. The largest absolute Gasteiger partial charge is 0.502 e. The fourth-order valence-electron chi connectivity index (χ4n) is 4.47. The molecule has 11 nitrogen and oxygen atoms in total. The molecule has 2 N–H and O–H groups in total. The van der Waals surface area contributed by atoms with E-state index in [-0.39, 0.29) is 47.7 Å². The van der Waals surface area contributed by atoms with Crippen molar-refractivity contribution < 1.29 is 53.0 Å². The number of rotatable bonds is 10. The van der Waals surface area contributed by atoms with Crippen molar-refractivity contribution in [2.24, 2.45) is 11.8 Å². The van der Waals surface area contributed by atoms with Crippen molar-refractivity contribution in [3.05, 3.63) is 35.4 Å². The smallest absolute Gasteiger partial charge is 0.302 e. The summed E-state index contributed by atoms with van der Waals surface area (Å²) in [5.74, 6) is -1.64. The highest BCUT2D eigenvalue weighted by Gasteiger charge is 2.47. The molecule has 0 saturated carbocycles. The lowest BCUT2D eigenvalue weighted by Gasteiger charge is -2.24. The molecule has 1 heterocycles. The molecule has 1 aliphatic rings. The number of hydrogen-bond acceptors (Lipinski definition) is 11. The van der Waals surface area contributed by atoms with Crippen molar-refractivity contribution in [1.82, 2.24) is 0 Å². The third-order valence-electron chi connectivity index (χ3n) is 6.24. The second kappa shape index (κ2) is 11.9. The van der Waals surface area contributed by atoms with Crippen LogP contribution >= 0.6 is 0 Å². The van der Waals surface area contributed by atoms with E-state index in [1.807, 2.05) is 0 Å². The zero-order chi connectivity index (χ0) is 27.3. The third-order valence-corrected chi connectivity index (χ3v) is 6.24. The van der Waals surface area contributed by atoms with Gasteiger partial charge < -0.3 is 43.4 Å². The number of hydrogen-bond donors (Lipinski definition) is 2. The number of ether oxygens (including phenoxy) is 7. The van der Waals surface area contributed by atoms with Crippen molar-refractivity contribution in [2.75, 3.05) is 41.7 Å². The van der Waals surface area contributed by atoms with Crippen molar-refractivity contribution in [2.45, 2.75) is 26.1 Å². The normalized spacial score (nSPS) is 20.7. The highest BCUT2D eigenvalue weighted by Crippen LogP contribution is 2.53. The minimum absolute atomic E-state index is 0.0414. The molecule has 0 unspecified atom stereocenters. The highest BCUT2D eigenvalue weighted by atomic mass is 16.6. The SMILES string of the molecule is COc1cc([C@H]2O[C@@H](c3cc(OC)c(O)c(OC)c3)[C@H](COC(C)=O)[C@H]2COC(C)=O)cc(OC)c1O. The number of methoxy groups -OCH3 is 4. The van der Waals surface area contributed by atoms with Crippen LogP contribution in [0.25, 0.3) is 0 Å². The summed E-state index contributed by atoms with van der Waals surface area (Å²) in [6, 6.07) is 6.41. The predicted octanol–water partition coefficient (Wildman–Crippen LogP) is 3.30. The maximum absolute atomic E-state index is 11.7. The van der Waals surface area contributed by atoms with Crippen LogP contribution in [-0.2, 0) is 23.8 Å². The van der Waals surface area contributed by atoms with Gasteiger partial charge >= 0.3 is 11.9 Å². The van der Waals surface area contributed by atoms with Gasteiger partial charge in [-0.05, 0) is 35.4 Å². The maximum atomic E-state index is 11.7. The Bertz CT molecular complexity index is 992. The van der Waals surface area contributed by atoms with Crippen molar-refractivity contribution in [1.29, 1.82) is 0 Å². The Labute approximate surface area is 214 Å². The molecule has 0 radical (unpaired) electrons. The van der Waals surface area contributed by atoms with Gasteiger partial charge in [0.05, 0.1) is 53.9 Å². The zero-order valence-electron chi connectivity index (χ0n) is 21.6. The van der Waals surface area contributed by atoms with Crippen LogP contribution in [-0.4, -0.2) is 63.8 Å². The maximum Gasteiger partial charge on any atom is 0.302 e. The monoisotopic (exact) mass is 520 g/mol. The van der Waals surface area contributed by atoms with Crippen LogP contribution in [0.2, 0.25) is 0 Å². The predicted molar refractivity (Wildman–Crippen MR) is 129 cm³/mol. The molecule has 11 heteroatoms. The minimum Gasteiger partial charge on any atom is -0.502 e. The molecule has 2 aromatic rings. The fraction of sp³-hybridized carbons (Fsp3) is 0.462. The molecular weight excluding hydrogens is 488 g/mol. The summed E-state index contributed by atoms with van der Waals surface area (Å²) in [5.41, 5.74) is 1.16. The van der Waals surface area contributed by atoms with E-state index in [9.17, 15) is 19.8 Å². The third kappa shape index (κ3) is 5.93. The van der Waals surface area contributed by atoms with Gasteiger partial charge in [0.2, 0.25) is 11.5 Å². The minimum atomic E-state index is -0.695. The van der Waals surface area contributed by atoms with Crippen molar-refractivity contribution >= 4 is 11.9 Å². The topological polar surface area (TPSA) is 139 Å². The number of carbonyl (C=O) groups is 2. The van der Waals surface area contributed by atoms with Crippen LogP contribution in [0.5, 0.6) is 34.5 Å². The van der Waals surface area contributed by atoms with Crippen molar-refractivity contribution in [3.63, 3.8) is 0 Å². The highest BCUT2D eigenvalue weighted by molar-refractivity contribution is 5.66. The van der Waals surface area contributed by atoms with Crippen LogP contribution < -0.4 is 18.9 Å². The van der Waals surface area contributed by atoms with Crippen LogP contribution in [0.3, 0.4) is 0 Å². The van der Waals surface area contributed by atoms with Crippen LogP contribution in [0.15, 0.2) is 24.3 Å². The lowest BCUT2D eigenvalue weighted by molar-refractivity contribution is -0.146. The Hall–Kier alpha value is -3.86. The first-order valence-electron chi connectivity index (χ1n) is 11.5. The first-order valence-corrected chi connectivity index (χ1v) is 11.5. The van der Waals surface area contributed by atoms with Gasteiger partial charge in [-0.25, -0.2) is 0 Å². The second-order valence-corrected chi connectivity index (χ2v) is 8.46. The number of phenols is 2. The molecule has 1 fully saturated rings. The van der Waals surface area contributed by atoms with Gasteiger partial charge in [-0.3, -0.25) is 9.59 Å². The summed E-state index contributed by atoms with van der Waals surface area (Å²) < 4.78 is 38.5. The summed E-state index contributed by atoms with van der Waals surface area (Å²) in [6.45, 7) is 2.51. The Morgan fingerprint density at radius 2 is 0.973 bits per heavy atom. The molecule has 37 heavy (non-hydrogen) atoms. The van der Waals surface area contributed by atoms with Gasteiger partial charge in [-0.15, -0.1) is 0 Å². The van der Waals surface area contributed by atoms with Crippen LogP contribution in [0.4, 0.5) is 0 Å². The van der Waals surface area contributed by atoms with Crippen LogP contribution in [0.1, 0.15) is 37.2 Å². The van der Waals surface area contributed by atoms with E-state index < -0.39 is 36.0 Å². The molecular formula is C26H32O11. The van der Waals surface area contributed by atoms with E-state index in [4.69, 9.17) is 33.2 Å². The standard InChI is InChI=1S/C26H32O11/c1-13(27)35-11-17-18(12-36-14(2)28)26(16-9-21(33-5)24(30)22(10-16)34-6)37-25(17)15-7-19(31-3)23(29)20(8-15)32-4/h7-10,17-18,25-26,29-30H,11-12H2,1-6H3/t17-,18-,25-,26+/m1/s1. The summed E-state index contributed by atoms with van der Waals surface area (Å²) in [5, 5.41) is 20.8. The number of carbonyl (C=O) groups excluding carboxylic acids is 2. The first kappa shape index (κ1) is 27.7. The Morgan fingerprint density at radius 3 is 1.22 bits per heavy atom. The van der Waals surface area contributed by atoms with Crippen LogP contribution in [0, 0.1) is 11.8 Å². The van der Waals surface area contributed by atoms with Crippen molar-refractivity contribution in [3.8, 4) is 34.5 Å². The van der Waals surface area contributed by atoms with E-state index in [0.29, 0.717) is 11.1 Å². The first-order chi connectivity index (χ1) is 17.6. The molecule has 0 aliphatic carbocycles. The molecule has 4 atom stereocenters. The van der Waals surface area contributed by atoms with Gasteiger partial charge in [0, 0.05) is 25.7 Å². The molecule has 3 rings (SSSR count). The molecule has 202 valence electrons. The van der Waals surface area contributed by atoms with E-state index in [2.05, 4.69) is 0 Å². The number of benzene rings is 2. The molecule has 1 saturated heterocycles.